The molecule has 3 rings (SSSR count). The van der Waals surface area contributed by atoms with Crippen molar-refractivity contribution in [3.63, 3.8) is 0 Å². The Morgan fingerprint density at radius 3 is 2.58 bits per heavy atom. The van der Waals surface area contributed by atoms with Gasteiger partial charge in [-0.25, -0.2) is 14.6 Å². The highest BCUT2D eigenvalue weighted by atomic mass is 16.6. The van der Waals surface area contributed by atoms with E-state index in [4.69, 9.17) is 18.6 Å². The second-order valence-corrected chi connectivity index (χ2v) is 8.52. The largest absolute Gasteiger partial charge is 0.493 e. The number of aromatic carboxylic acids is 1. The molecule has 9 nitrogen and oxygen atoms in total. The molecule has 0 radical (unpaired) electrons. The van der Waals surface area contributed by atoms with Gasteiger partial charge < -0.3 is 29.1 Å². The Morgan fingerprint density at radius 2 is 2.00 bits per heavy atom. The number of hydrogen-bond acceptors (Lipinski definition) is 7. The molecular formula is C22H28N2O7. The molecule has 1 heterocycles. The van der Waals surface area contributed by atoms with Crippen molar-refractivity contribution in [3.05, 3.63) is 29.7 Å². The number of oxazole rings is 1. The molecule has 1 aromatic carbocycles. The molecule has 1 aliphatic carbocycles. The maximum Gasteiger partial charge on any atom is 0.408 e. The summed E-state index contributed by atoms with van der Waals surface area (Å²) in [4.78, 5) is 27.9. The van der Waals surface area contributed by atoms with E-state index in [-0.39, 0.29) is 17.3 Å². The molecule has 0 unspecified atom stereocenters. The predicted molar refractivity (Wildman–Crippen MR) is 111 cm³/mol. The minimum atomic E-state index is -1.26. The molecule has 2 N–H and O–H groups in total. The van der Waals surface area contributed by atoms with Crippen LogP contribution in [0.4, 0.5) is 4.79 Å². The third-order valence-electron chi connectivity index (χ3n) is 4.56. The van der Waals surface area contributed by atoms with Crippen LogP contribution in [0.1, 0.15) is 62.8 Å². The lowest BCUT2D eigenvalue weighted by atomic mass is 10.2. The molecule has 1 atom stereocenters. The van der Waals surface area contributed by atoms with Crippen molar-refractivity contribution in [2.75, 3.05) is 13.7 Å². The Bertz CT molecular complexity index is 957. The molecule has 1 saturated carbocycles. The number of methoxy groups -OCH3 is 1. The average molecular weight is 432 g/mol. The highest BCUT2D eigenvalue weighted by molar-refractivity contribution is 5.87. The number of alkyl carbamates (subject to hydrolysis) is 1. The summed E-state index contributed by atoms with van der Waals surface area (Å²) >= 11 is 0. The molecule has 1 aromatic heterocycles. The number of amides is 1. The summed E-state index contributed by atoms with van der Waals surface area (Å²) in [5, 5.41) is 12.2. The summed E-state index contributed by atoms with van der Waals surface area (Å²) in [5.41, 5.74) is -0.439. The van der Waals surface area contributed by atoms with Gasteiger partial charge in [0, 0.05) is 5.56 Å². The first-order valence-corrected chi connectivity index (χ1v) is 10.1. The molecule has 1 aliphatic rings. The molecule has 9 heteroatoms. The average Bonchev–Trinajstić information content (AvgIpc) is 3.39. The van der Waals surface area contributed by atoms with Gasteiger partial charge in [-0.3, -0.25) is 0 Å². The van der Waals surface area contributed by atoms with Crippen LogP contribution in [0.2, 0.25) is 0 Å². The van der Waals surface area contributed by atoms with Crippen molar-refractivity contribution in [2.45, 2.75) is 52.2 Å². The van der Waals surface area contributed by atoms with Crippen LogP contribution in [0, 0.1) is 5.92 Å². The SMILES string of the molecule is COc1ccc(-c2nc(C(=O)O)c([C@H](C)NC(=O)OC(C)(C)C)o2)cc1OCC1CC1. The molecule has 0 saturated heterocycles. The van der Waals surface area contributed by atoms with Gasteiger partial charge >= 0.3 is 12.1 Å². The van der Waals surface area contributed by atoms with Gasteiger partial charge in [0.15, 0.2) is 23.0 Å². The number of carbonyl (C=O) groups is 2. The fourth-order valence-electron chi connectivity index (χ4n) is 2.87. The first-order valence-electron chi connectivity index (χ1n) is 10.1. The number of nitrogens with one attached hydrogen (secondary N) is 1. The second-order valence-electron chi connectivity index (χ2n) is 8.52. The highest BCUT2D eigenvalue weighted by Gasteiger charge is 2.28. The van der Waals surface area contributed by atoms with Crippen molar-refractivity contribution < 1.29 is 33.3 Å². The summed E-state index contributed by atoms with van der Waals surface area (Å²) in [6.07, 6.45) is 1.61. The van der Waals surface area contributed by atoms with Crippen LogP contribution in [0.15, 0.2) is 22.6 Å². The topological polar surface area (TPSA) is 120 Å². The third-order valence-corrected chi connectivity index (χ3v) is 4.56. The molecule has 1 fully saturated rings. The van der Waals surface area contributed by atoms with Crippen LogP contribution >= 0.6 is 0 Å². The number of carbonyl (C=O) groups excluding carboxylic acids is 1. The molecule has 0 spiro atoms. The van der Waals surface area contributed by atoms with E-state index in [1.165, 1.54) is 0 Å². The van der Waals surface area contributed by atoms with Gasteiger partial charge in [-0.05, 0) is 64.7 Å². The number of hydrogen-bond donors (Lipinski definition) is 2. The number of carboxylic acid groups (broad SMARTS) is 1. The fourth-order valence-corrected chi connectivity index (χ4v) is 2.87. The van der Waals surface area contributed by atoms with Crippen LogP contribution in [-0.4, -0.2) is 41.5 Å². The van der Waals surface area contributed by atoms with E-state index in [1.807, 2.05) is 0 Å². The quantitative estimate of drug-likeness (QED) is 0.629. The fraction of sp³-hybridized carbons (Fsp3) is 0.500. The van der Waals surface area contributed by atoms with Gasteiger partial charge in [-0.2, -0.15) is 0 Å². The summed E-state index contributed by atoms with van der Waals surface area (Å²) < 4.78 is 22.2. The van der Waals surface area contributed by atoms with E-state index >= 15 is 0 Å². The lowest BCUT2D eigenvalue weighted by Crippen LogP contribution is -2.34. The van der Waals surface area contributed by atoms with E-state index in [2.05, 4.69) is 10.3 Å². The summed E-state index contributed by atoms with van der Waals surface area (Å²) in [7, 11) is 1.55. The Morgan fingerprint density at radius 1 is 1.29 bits per heavy atom. The maximum absolute atomic E-state index is 12.1. The predicted octanol–water partition coefficient (Wildman–Crippen LogP) is 4.42. The number of rotatable bonds is 8. The minimum absolute atomic E-state index is 0.0182. The Balaban J connectivity index is 1.86. The van der Waals surface area contributed by atoms with E-state index in [0.29, 0.717) is 29.6 Å². The zero-order valence-electron chi connectivity index (χ0n) is 18.4. The number of aromatic nitrogens is 1. The number of benzene rings is 1. The first-order chi connectivity index (χ1) is 14.6. The summed E-state index contributed by atoms with van der Waals surface area (Å²) in [6, 6.07) is 4.35. The standard InChI is InChI=1S/C22H28N2O7/c1-12(23-21(27)31-22(2,3)4)18-17(20(25)26)24-19(30-18)14-8-9-15(28-5)16(10-14)29-11-13-6-7-13/h8-10,12-13H,6-7,11H2,1-5H3,(H,23,27)(H,25,26)/t12-/m0/s1. The first kappa shape index (κ1) is 22.5. The molecule has 31 heavy (non-hydrogen) atoms. The molecule has 0 bridgehead atoms. The van der Waals surface area contributed by atoms with Gasteiger partial charge in [0.25, 0.3) is 0 Å². The third kappa shape index (κ3) is 5.90. The van der Waals surface area contributed by atoms with Crippen molar-refractivity contribution >= 4 is 12.1 Å². The summed E-state index contributed by atoms with van der Waals surface area (Å²) in [6.45, 7) is 7.39. The van der Waals surface area contributed by atoms with Crippen molar-refractivity contribution in [2.24, 2.45) is 5.92 Å². The molecule has 0 aliphatic heterocycles. The highest BCUT2D eigenvalue weighted by Crippen LogP contribution is 2.36. The van der Waals surface area contributed by atoms with Crippen LogP contribution in [0.5, 0.6) is 11.5 Å². The van der Waals surface area contributed by atoms with Crippen molar-refractivity contribution in [1.29, 1.82) is 0 Å². The van der Waals surface area contributed by atoms with E-state index in [0.717, 1.165) is 12.8 Å². The smallest absolute Gasteiger partial charge is 0.408 e. The Kier molecular flexibility index (Phi) is 6.42. The van der Waals surface area contributed by atoms with Crippen LogP contribution < -0.4 is 14.8 Å². The van der Waals surface area contributed by atoms with E-state index in [1.54, 1.807) is 53.0 Å². The van der Waals surface area contributed by atoms with Crippen LogP contribution in [0.3, 0.4) is 0 Å². The maximum atomic E-state index is 12.1. The van der Waals surface area contributed by atoms with Gasteiger partial charge in [0.2, 0.25) is 5.89 Å². The lowest BCUT2D eigenvalue weighted by Gasteiger charge is -2.21. The Hall–Kier alpha value is -3.23. The zero-order chi connectivity index (χ0) is 22.8. The second kappa shape index (κ2) is 8.87. The van der Waals surface area contributed by atoms with Crippen molar-refractivity contribution in [3.8, 4) is 23.0 Å². The van der Waals surface area contributed by atoms with Gasteiger partial charge in [0.05, 0.1) is 19.8 Å². The zero-order valence-corrected chi connectivity index (χ0v) is 18.4. The summed E-state index contributed by atoms with van der Waals surface area (Å²) in [5.74, 6) is 0.508. The van der Waals surface area contributed by atoms with E-state index in [9.17, 15) is 14.7 Å². The Labute approximate surface area is 180 Å². The molecule has 1 amide bonds. The number of carboxylic acids is 1. The van der Waals surface area contributed by atoms with E-state index < -0.39 is 23.7 Å². The van der Waals surface area contributed by atoms with Crippen molar-refractivity contribution in [1.82, 2.24) is 10.3 Å². The lowest BCUT2D eigenvalue weighted by molar-refractivity contribution is 0.0498. The van der Waals surface area contributed by atoms with Gasteiger partial charge in [0.1, 0.15) is 5.60 Å². The molecule has 168 valence electrons. The number of ether oxygens (including phenoxy) is 3. The monoisotopic (exact) mass is 432 g/mol. The van der Waals surface area contributed by atoms with Gasteiger partial charge in [-0.1, -0.05) is 0 Å². The normalized spacial score (nSPS) is 14.6. The molecular weight excluding hydrogens is 404 g/mol. The van der Waals surface area contributed by atoms with Crippen LogP contribution in [0.25, 0.3) is 11.5 Å². The van der Waals surface area contributed by atoms with Crippen LogP contribution in [-0.2, 0) is 4.74 Å². The van der Waals surface area contributed by atoms with Gasteiger partial charge in [-0.15, -0.1) is 0 Å². The number of nitrogens with zero attached hydrogens (tertiary/aromatic N) is 1. The minimum Gasteiger partial charge on any atom is -0.493 e. The molecule has 2 aromatic rings.